The Labute approximate surface area is 121 Å². The number of benzene rings is 1. The Morgan fingerprint density at radius 3 is 2.80 bits per heavy atom. The highest BCUT2D eigenvalue weighted by Crippen LogP contribution is 2.60. The van der Waals surface area contributed by atoms with Crippen LogP contribution in [-0.2, 0) is 11.3 Å². The van der Waals surface area contributed by atoms with E-state index in [1.807, 2.05) is 24.3 Å². The SMILES string of the molecule is COCc1ccccc1C(O)C1(CN)CC2CCC1C2. The number of nitrogens with two attached hydrogens (primary N) is 1. The van der Waals surface area contributed by atoms with Crippen LogP contribution in [-0.4, -0.2) is 18.8 Å². The summed E-state index contributed by atoms with van der Waals surface area (Å²) in [5, 5.41) is 11.1. The highest BCUT2D eigenvalue weighted by atomic mass is 16.5. The van der Waals surface area contributed by atoms with Crippen molar-refractivity contribution in [1.29, 1.82) is 0 Å². The molecule has 2 saturated carbocycles. The fourth-order valence-corrected chi connectivity index (χ4v) is 4.58. The molecule has 3 rings (SSSR count). The molecule has 0 aromatic heterocycles. The smallest absolute Gasteiger partial charge is 0.0864 e. The molecule has 2 aliphatic rings. The number of ether oxygens (including phenoxy) is 1. The van der Waals surface area contributed by atoms with Gasteiger partial charge in [0, 0.05) is 19.1 Å². The summed E-state index contributed by atoms with van der Waals surface area (Å²) in [6, 6.07) is 8.07. The molecule has 3 heteroatoms. The summed E-state index contributed by atoms with van der Waals surface area (Å²) in [5.41, 5.74) is 8.10. The molecule has 0 spiro atoms. The largest absolute Gasteiger partial charge is 0.388 e. The second-order valence-corrected chi connectivity index (χ2v) is 6.55. The summed E-state index contributed by atoms with van der Waals surface area (Å²) in [7, 11) is 1.69. The van der Waals surface area contributed by atoms with E-state index < -0.39 is 6.10 Å². The van der Waals surface area contributed by atoms with Gasteiger partial charge in [0.15, 0.2) is 0 Å². The molecule has 4 unspecified atom stereocenters. The van der Waals surface area contributed by atoms with Crippen LogP contribution in [0.2, 0.25) is 0 Å². The van der Waals surface area contributed by atoms with Crippen molar-refractivity contribution >= 4 is 0 Å². The van der Waals surface area contributed by atoms with Crippen LogP contribution in [0.1, 0.15) is 42.9 Å². The molecule has 4 atom stereocenters. The molecule has 110 valence electrons. The number of aliphatic hydroxyl groups is 1. The summed E-state index contributed by atoms with van der Waals surface area (Å²) in [5.74, 6) is 1.36. The van der Waals surface area contributed by atoms with Gasteiger partial charge in [-0.25, -0.2) is 0 Å². The normalized spacial score (nSPS) is 33.5. The summed E-state index contributed by atoms with van der Waals surface area (Å²) in [6.45, 7) is 1.12. The molecule has 1 aromatic carbocycles. The number of hydrogen-bond acceptors (Lipinski definition) is 3. The summed E-state index contributed by atoms with van der Waals surface area (Å²) >= 11 is 0. The average Bonchev–Trinajstić information content (AvgIpc) is 3.08. The molecule has 0 saturated heterocycles. The third-order valence-corrected chi connectivity index (χ3v) is 5.60. The van der Waals surface area contributed by atoms with Gasteiger partial charge in [-0.05, 0) is 42.2 Å². The third kappa shape index (κ3) is 2.09. The van der Waals surface area contributed by atoms with Crippen LogP contribution in [0.5, 0.6) is 0 Å². The van der Waals surface area contributed by atoms with Crippen molar-refractivity contribution in [2.24, 2.45) is 23.0 Å². The number of rotatable bonds is 5. The van der Waals surface area contributed by atoms with Gasteiger partial charge < -0.3 is 15.6 Å². The maximum atomic E-state index is 11.1. The fraction of sp³-hybridized carbons (Fsp3) is 0.647. The Morgan fingerprint density at radius 1 is 1.40 bits per heavy atom. The molecular weight excluding hydrogens is 250 g/mol. The van der Waals surface area contributed by atoms with E-state index in [1.54, 1.807) is 7.11 Å². The standard InChI is InChI=1S/C17H25NO2/c1-20-10-13-4-2-3-5-15(13)16(19)17(11-18)9-12-6-7-14(17)8-12/h2-5,12,14,16,19H,6-11,18H2,1H3. The maximum absolute atomic E-state index is 11.1. The zero-order chi connectivity index (χ0) is 14.2. The van der Waals surface area contributed by atoms with Crippen LogP contribution in [0.4, 0.5) is 0 Å². The van der Waals surface area contributed by atoms with Crippen LogP contribution in [0, 0.1) is 17.3 Å². The minimum Gasteiger partial charge on any atom is -0.388 e. The molecule has 0 amide bonds. The summed E-state index contributed by atoms with van der Waals surface area (Å²) in [4.78, 5) is 0. The van der Waals surface area contributed by atoms with Crippen LogP contribution in [0.15, 0.2) is 24.3 Å². The van der Waals surface area contributed by atoms with Crippen molar-refractivity contribution < 1.29 is 9.84 Å². The minimum absolute atomic E-state index is 0.118. The first-order valence-electron chi connectivity index (χ1n) is 7.66. The molecular formula is C17H25NO2. The Bertz CT molecular complexity index is 476. The van der Waals surface area contributed by atoms with Gasteiger partial charge in [0.2, 0.25) is 0 Å². The maximum Gasteiger partial charge on any atom is 0.0864 e. The lowest BCUT2D eigenvalue weighted by molar-refractivity contribution is -0.0143. The second kappa shape index (κ2) is 5.47. The third-order valence-electron chi connectivity index (χ3n) is 5.60. The molecule has 3 nitrogen and oxygen atoms in total. The van der Waals surface area contributed by atoms with E-state index in [0.29, 0.717) is 19.1 Å². The van der Waals surface area contributed by atoms with Gasteiger partial charge in [-0.2, -0.15) is 0 Å². The zero-order valence-corrected chi connectivity index (χ0v) is 12.2. The van der Waals surface area contributed by atoms with Crippen molar-refractivity contribution in [3.63, 3.8) is 0 Å². The first-order valence-corrected chi connectivity index (χ1v) is 7.66. The van der Waals surface area contributed by atoms with Crippen LogP contribution in [0.25, 0.3) is 0 Å². The lowest BCUT2D eigenvalue weighted by Gasteiger charge is -2.41. The highest BCUT2D eigenvalue weighted by Gasteiger charge is 2.54. The Kier molecular flexibility index (Phi) is 3.85. The quantitative estimate of drug-likeness (QED) is 0.868. The lowest BCUT2D eigenvalue weighted by Crippen LogP contribution is -2.41. The van der Waals surface area contributed by atoms with E-state index in [0.717, 1.165) is 23.5 Å². The van der Waals surface area contributed by atoms with Crippen LogP contribution < -0.4 is 5.73 Å². The molecule has 2 fully saturated rings. The molecule has 0 heterocycles. The van der Waals surface area contributed by atoms with Crippen molar-refractivity contribution in [3.8, 4) is 0 Å². The average molecular weight is 275 g/mol. The minimum atomic E-state index is -0.464. The van der Waals surface area contributed by atoms with Crippen molar-refractivity contribution in [1.82, 2.24) is 0 Å². The number of hydrogen-bond donors (Lipinski definition) is 2. The van der Waals surface area contributed by atoms with E-state index in [9.17, 15) is 5.11 Å². The number of methoxy groups -OCH3 is 1. The van der Waals surface area contributed by atoms with Gasteiger partial charge in [0.05, 0.1) is 12.7 Å². The number of aliphatic hydroxyl groups excluding tert-OH is 1. The van der Waals surface area contributed by atoms with E-state index in [2.05, 4.69) is 0 Å². The molecule has 2 aliphatic carbocycles. The predicted molar refractivity (Wildman–Crippen MR) is 79.1 cm³/mol. The van der Waals surface area contributed by atoms with Gasteiger partial charge in [0.25, 0.3) is 0 Å². The van der Waals surface area contributed by atoms with Crippen LogP contribution >= 0.6 is 0 Å². The molecule has 0 aliphatic heterocycles. The van der Waals surface area contributed by atoms with E-state index in [1.165, 1.54) is 19.3 Å². The van der Waals surface area contributed by atoms with Crippen molar-refractivity contribution in [3.05, 3.63) is 35.4 Å². The summed E-state index contributed by atoms with van der Waals surface area (Å²) < 4.78 is 5.27. The Balaban J connectivity index is 1.93. The monoisotopic (exact) mass is 275 g/mol. The molecule has 20 heavy (non-hydrogen) atoms. The lowest BCUT2D eigenvalue weighted by atomic mass is 9.67. The first-order chi connectivity index (χ1) is 9.71. The highest BCUT2D eigenvalue weighted by molar-refractivity contribution is 5.31. The fourth-order valence-electron chi connectivity index (χ4n) is 4.58. The van der Waals surface area contributed by atoms with Crippen LogP contribution in [0.3, 0.4) is 0 Å². The second-order valence-electron chi connectivity index (χ2n) is 6.55. The van der Waals surface area contributed by atoms with Gasteiger partial charge in [0.1, 0.15) is 0 Å². The summed E-state index contributed by atoms with van der Waals surface area (Å²) in [6.07, 6.45) is 4.41. The molecule has 0 radical (unpaired) electrons. The van der Waals surface area contributed by atoms with Gasteiger partial charge in [-0.1, -0.05) is 30.7 Å². The first kappa shape index (κ1) is 14.1. The topological polar surface area (TPSA) is 55.5 Å². The van der Waals surface area contributed by atoms with Crippen molar-refractivity contribution in [2.75, 3.05) is 13.7 Å². The van der Waals surface area contributed by atoms with Gasteiger partial charge in [-0.15, -0.1) is 0 Å². The van der Waals surface area contributed by atoms with E-state index >= 15 is 0 Å². The van der Waals surface area contributed by atoms with Gasteiger partial charge >= 0.3 is 0 Å². The predicted octanol–water partition coefficient (Wildman–Crippen LogP) is 2.63. The number of fused-ring (bicyclic) bond motifs is 2. The Morgan fingerprint density at radius 2 is 2.20 bits per heavy atom. The molecule has 1 aromatic rings. The molecule has 2 bridgehead atoms. The molecule has 3 N–H and O–H groups in total. The van der Waals surface area contributed by atoms with Gasteiger partial charge in [-0.3, -0.25) is 0 Å². The van der Waals surface area contributed by atoms with Crippen molar-refractivity contribution in [2.45, 2.75) is 38.4 Å². The zero-order valence-electron chi connectivity index (χ0n) is 12.2. The van der Waals surface area contributed by atoms with E-state index in [4.69, 9.17) is 10.5 Å². The Hall–Kier alpha value is -0.900. The van der Waals surface area contributed by atoms with E-state index in [-0.39, 0.29) is 5.41 Å².